The molecule has 0 bridgehead atoms. The molecule has 1 fully saturated rings. The number of ketones is 1. The van der Waals surface area contributed by atoms with Crippen LogP contribution in [-0.2, 0) is 11.3 Å². The molecule has 1 aromatic carbocycles. The van der Waals surface area contributed by atoms with E-state index in [2.05, 4.69) is 4.90 Å². The molecule has 0 unspecified atom stereocenters. The molecule has 2 rings (SSSR count). The molecule has 1 aliphatic rings. The quantitative estimate of drug-likeness (QED) is 0.785. The van der Waals surface area contributed by atoms with Crippen LogP contribution >= 0.6 is 0 Å². The van der Waals surface area contributed by atoms with E-state index in [1.54, 1.807) is 12.1 Å². The molecule has 0 aromatic heterocycles. The van der Waals surface area contributed by atoms with Crippen molar-refractivity contribution in [2.45, 2.75) is 26.8 Å². The van der Waals surface area contributed by atoms with Gasteiger partial charge in [0.15, 0.2) is 0 Å². The van der Waals surface area contributed by atoms with Gasteiger partial charge in [-0.1, -0.05) is 26.0 Å². The zero-order valence-electron chi connectivity index (χ0n) is 10.4. The summed E-state index contributed by atoms with van der Waals surface area (Å²) in [5.74, 6) is 0.135. The zero-order chi connectivity index (χ0) is 12.5. The Bertz CT molecular complexity index is 411. The first-order valence-corrected chi connectivity index (χ1v) is 5.97. The Morgan fingerprint density at radius 2 is 1.94 bits per heavy atom. The first-order valence-electron chi connectivity index (χ1n) is 5.97. The van der Waals surface area contributed by atoms with Crippen molar-refractivity contribution in [2.24, 2.45) is 5.41 Å². The van der Waals surface area contributed by atoms with E-state index in [1.807, 2.05) is 13.8 Å². The third-order valence-electron chi connectivity index (χ3n) is 3.35. The van der Waals surface area contributed by atoms with Crippen molar-refractivity contribution in [2.75, 3.05) is 13.1 Å². The first-order chi connectivity index (χ1) is 7.97. The van der Waals surface area contributed by atoms with Gasteiger partial charge in [0.1, 0.15) is 11.6 Å². The van der Waals surface area contributed by atoms with Crippen molar-refractivity contribution >= 4 is 5.78 Å². The molecule has 1 aliphatic heterocycles. The summed E-state index contributed by atoms with van der Waals surface area (Å²) in [4.78, 5) is 13.9. The van der Waals surface area contributed by atoms with Gasteiger partial charge in [-0.25, -0.2) is 4.39 Å². The maximum atomic E-state index is 12.8. The van der Waals surface area contributed by atoms with Crippen LogP contribution in [0.4, 0.5) is 4.39 Å². The molecule has 0 N–H and O–H groups in total. The molecule has 0 atom stereocenters. The van der Waals surface area contributed by atoms with Crippen LogP contribution in [0.3, 0.4) is 0 Å². The van der Waals surface area contributed by atoms with Crippen molar-refractivity contribution in [3.63, 3.8) is 0 Å². The summed E-state index contributed by atoms with van der Waals surface area (Å²) < 4.78 is 12.8. The maximum Gasteiger partial charge on any atom is 0.141 e. The van der Waals surface area contributed by atoms with Gasteiger partial charge in [-0.2, -0.15) is 0 Å². The fourth-order valence-electron chi connectivity index (χ4n) is 2.31. The van der Waals surface area contributed by atoms with E-state index in [9.17, 15) is 9.18 Å². The lowest BCUT2D eigenvalue weighted by Gasteiger charge is -2.36. The molecule has 92 valence electrons. The van der Waals surface area contributed by atoms with E-state index in [0.717, 1.165) is 25.2 Å². The van der Waals surface area contributed by atoms with E-state index in [1.165, 1.54) is 12.1 Å². The number of carbonyl (C=O) groups is 1. The highest BCUT2D eigenvalue weighted by Crippen LogP contribution is 2.26. The van der Waals surface area contributed by atoms with E-state index in [-0.39, 0.29) is 11.2 Å². The summed E-state index contributed by atoms with van der Waals surface area (Å²) in [5.41, 5.74) is 0.842. The second kappa shape index (κ2) is 4.57. The first kappa shape index (κ1) is 12.2. The van der Waals surface area contributed by atoms with E-state index >= 15 is 0 Å². The maximum absolute atomic E-state index is 12.8. The minimum Gasteiger partial charge on any atom is -0.299 e. The number of rotatable bonds is 2. The summed E-state index contributed by atoms with van der Waals surface area (Å²) in [7, 11) is 0. The fourth-order valence-corrected chi connectivity index (χ4v) is 2.31. The van der Waals surface area contributed by atoms with E-state index in [0.29, 0.717) is 12.2 Å². The topological polar surface area (TPSA) is 20.3 Å². The Hall–Kier alpha value is -1.22. The Kier molecular flexibility index (Phi) is 3.29. The van der Waals surface area contributed by atoms with Gasteiger partial charge < -0.3 is 0 Å². The number of benzene rings is 1. The van der Waals surface area contributed by atoms with E-state index < -0.39 is 0 Å². The van der Waals surface area contributed by atoms with Crippen molar-refractivity contribution in [3.8, 4) is 0 Å². The normalized spacial score (nSPS) is 20.5. The largest absolute Gasteiger partial charge is 0.299 e. The molecule has 0 saturated carbocycles. The minimum atomic E-state index is -0.252. The van der Waals surface area contributed by atoms with Crippen molar-refractivity contribution in [3.05, 3.63) is 35.6 Å². The SMILES string of the molecule is CC1(C)CN(Cc2ccc(F)cc2)CCC1=O. The van der Waals surface area contributed by atoms with Gasteiger partial charge in [-0.3, -0.25) is 9.69 Å². The molecule has 1 heterocycles. The molecule has 0 amide bonds. The number of hydrogen-bond acceptors (Lipinski definition) is 2. The summed E-state index contributed by atoms with van der Waals surface area (Å²) in [6.45, 7) is 6.36. The smallest absolute Gasteiger partial charge is 0.141 e. The molecule has 0 spiro atoms. The average molecular weight is 235 g/mol. The van der Waals surface area contributed by atoms with Gasteiger partial charge in [0, 0.05) is 31.5 Å². The molecule has 0 radical (unpaired) electrons. The van der Waals surface area contributed by atoms with Crippen LogP contribution in [0.1, 0.15) is 25.8 Å². The van der Waals surface area contributed by atoms with Gasteiger partial charge in [0.25, 0.3) is 0 Å². The Morgan fingerprint density at radius 3 is 2.53 bits per heavy atom. The molecule has 2 nitrogen and oxygen atoms in total. The van der Waals surface area contributed by atoms with Crippen LogP contribution in [-0.4, -0.2) is 23.8 Å². The second-order valence-electron chi connectivity index (χ2n) is 5.39. The van der Waals surface area contributed by atoms with Crippen molar-refractivity contribution in [1.82, 2.24) is 4.90 Å². The lowest BCUT2D eigenvalue weighted by molar-refractivity contribution is -0.131. The Labute approximate surface area is 101 Å². The molecule has 1 saturated heterocycles. The third-order valence-corrected chi connectivity index (χ3v) is 3.35. The van der Waals surface area contributed by atoms with Crippen LogP contribution in [0.15, 0.2) is 24.3 Å². The zero-order valence-corrected chi connectivity index (χ0v) is 10.4. The minimum absolute atomic E-state index is 0.206. The van der Waals surface area contributed by atoms with Crippen molar-refractivity contribution < 1.29 is 9.18 Å². The Balaban J connectivity index is 2.01. The van der Waals surface area contributed by atoms with Crippen LogP contribution in [0.25, 0.3) is 0 Å². The molecule has 17 heavy (non-hydrogen) atoms. The van der Waals surface area contributed by atoms with Crippen LogP contribution in [0.5, 0.6) is 0 Å². The number of likely N-dealkylation sites (tertiary alicyclic amines) is 1. The number of Topliss-reactive ketones (excluding diaryl/α,β-unsaturated/α-hetero) is 1. The molecular weight excluding hydrogens is 217 g/mol. The van der Waals surface area contributed by atoms with Gasteiger partial charge in [-0.05, 0) is 17.7 Å². The Morgan fingerprint density at radius 1 is 1.29 bits per heavy atom. The lowest BCUT2D eigenvalue weighted by atomic mass is 9.82. The van der Waals surface area contributed by atoms with Crippen LogP contribution < -0.4 is 0 Å². The molecule has 0 aliphatic carbocycles. The summed E-state index contributed by atoms with van der Waals surface area (Å²) in [6.07, 6.45) is 0.619. The van der Waals surface area contributed by atoms with Gasteiger partial charge in [0.2, 0.25) is 0 Å². The number of halogens is 1. The average Bonchev–Trinajstić information content (AvgIpc) is 2.26. The van der Waals surface area contributed by atoms with Gasteiger partial charge in [0.05, 0.1) is 0 Å². The lowest BCUT2D eigenvalue weighted by Crippen LogP contribution is -2.45. The highest BCUT2D eigenvalue weighted by atomic mass is 19.1. The molecular formula is C14H18FNO. The predicted molar refractivity (Wildman–Crippen MR) is 65.1 cm³/mol. The molecule has 3 heteroatoms. The van der Waals surface area contributed by atoms with Gasteiger partial charge >= 0.3 is 0 Å². The summed E-state index contributed by atoms with van der Waals surface area (Å²) in [5, 5.41) is 0. The summed E-state index contributed by atoms with van der Waals surface area (Å²) in [6, 6.07) is 6.57. The van der Waals surface area contributed by atoms with E-state index in [4.69, 9.17) is 0 Å². The predicted octanol–water partition coefficient (Wildman–Crippen LogP) is 2.63. The standard InChI is InChI=1S/C14H18FNO/c1-14(2)10-16(8-7-13(14)17)9-11-3-5-12(15)6-4-11/h3-6H,7-10H2,1-2H3. The van der Waals surface area contributed by atoms with Gasteiger partial charge in [-0.15, -0.1) is 0 Å². The number of piperidine rings is 1. The molecule has 1 aromatic rings. The monoisotopic (exact) mass is 235 g/mol. The fraction of sp³-hybridized carbons (Fsp3) is 0.500. The number of carbonyl (C=O) groups excluding carboxylic acids is 1. The summed E-state index contributed by atoms with van der Waals surface area (Å²) >= 11 is 0. The third kappa shape index (κ3) is 2.91. The highest BCUT2D eigenvalue weighted by molar-refractivity contribution is 5.85. The second-order valence-corrected chi connectivity index (χ2v) is 5.39. The van der Waals surface area contributed by atoms with Crippen molar-refractivity contribution in [1.29, 1.82) is 0 Å². The number of nitrogens with zero attached hydrogens (tertiary/aromatic N) is 1. The highest BCUT2D eigenvalue weighted by Gasteiger charge is 2.33. The number of hydrogen-bond donors (Lipinski definition) is 0. The van der Waals surface area contributed by atoms with Crippen LogP contribution in [0, 0.1) is 11.2 Å². The van der Waals surface area contributed by atoms with Crippen LogP contribution in [0.2, 0.25) is 0 Å².